The van der Waals surface area contributed by atoms with Crippen molar-refractivity contribution in [2.45, 2.75) is 32.2 Å². The van der Waals surface area contributed by atoms with Crippen molar-refractivity contribution in [1.29, 1.82) is 0 Å². The average Bonchev–Trinajstić information content (AvgIpc) is 2.48. The molecule has 2 atom stereocenters. The summed E-state index contributed by atoms with van der Waals surface area (Å²) in [5.41, 5.74) is 0. The number of amides is 2. The highest BCUT2D eigenvalue weighted by Crippen LogP contribution is 2.24. The van der Waals surface area contributed by atoms with Crippen LogP contribution in [0.3, 0.4) is 0 Å². The van der Waals surface area contributed by atoms with Crippen molar-refractivity contribution in [2.24, 2.45) is 5.92 Å². The van der Waals surface area contributed by atoms with Crippen molar-refractivity contribution in [3.8, 4) is 0 Å². The fraction of sp³-hybridized carbons (Fsp3) is 0.889. The molecule has 0 radical (unpaired) electrons. The normalized spacial score (nSPS) is 27.2. The summed E-state index contributed by atoms with van der Waals surface area (Å²) >= 11 is 0. The molecule has 1 saturated carbocycles. The molecule has 13 heavy (non-hydrogen) atoms. The first kappa shape index (κ1) is 10.3. The molecule has 1 rings (SSSR count). The lowest BCUT2D eigenvalue weighted by Crippen LogP contribution is -2.43. The van der Waals surface area contributed by atoms with Crippen molar-refractivity contribution >= 4 is 6.03 Å². The molecule has 1 aliphatic carbocycles. The van der Waals surface area contributed by atoms with Gasteiger partial charge < -0.3 is 10.6 Å². The van der Waals surface area contributed by atoms with Crippen LogP contribution in [0, 0.1) is 5.92 Å². The number of urea groups is 1. The fourth-order valence-corrected chi connectivity index (χ4v) is 1.74. The van der Waals surface area contributed by atoms with Crippen LogP contribution in [0.1, 0.15) is 26.2 Å². The minimum atomic E-state index is -0.506. The highest BCUT2D eigenvalue weighted by molar-refractivity contribution is 5.74. The molecule has 0 aromatic rings. The zero-order valence-corrected chi connectivity index (χ0v) is 7.98. The Bertz CT molecular complexity index is 175. The number of carbonyl (C=O) groups excluding carboxylic acids is 1. The Kier molecular flexibility index (Phi) is 3.99. The number of halogens is 1. The van der Waals surface area contributed by atoms with Crippen LogP contribution in [0.2, 0.25) is 0 Å². The van der Waals surface area contributed by atoms with Gasteiger partial charge in [0.2, 0.25) is 0 Å². The highest BCUT2D eigenvalue weighted by Gasteiger charge is 2.24. The van der Waals surface area contributed by atoms with E-state index >= 15 is 0 Å². The lowest BCUT2D eigenvalue weighted by Gasteiger charge is -2.17. The van der Waals surface area contributed by atoms with Crippen LogP contribution in [-0.2, 0) is 0 Å². The highest BCUT2D eigenvalue weighted by atomic mass is 19.1. The fourth-order valence-electron chi connectivity index (χ4n) is 1.74. The van der Waals surface area contributed by atoms with Crippen LogP contribution >= 0.6 is 0 Å². The standard InChI is InChI=1S/C9H17FN2O/c1-7-3-2-4-8(7)12-9(13)11-6-5-10/h7-8H,2-6H2,1H3,(H2,11,12,13). The van der Waals surface area contributed by atoms with E-state index in [0.717, 1.165) is 6.42 Å². The molecule has 0 aromatic heterocycles. The van der Waals surface area contributed by atoms with Gasteiger partial charge in [-0.3, -0.25) is 0 Å². The first-order valence-corrected chi connectivity index (χ1v) is 4.84. The third-order valence-corrected chi connectivity index (χ3v) is 2.56. The van der Waals surface area contributed by atoms with Gasteiger partial charge in [0, 0.05) is 12.6 Å². The van der Waals surface area contributed by atoms with Crippen molar-refractivity contribution in [2.75, 3.05) is 13.2 Å². The first-order chi connectivity index (χ1) is 6.24. The van der Waals surface area contributed by atoms with Crippen LogP contribution < -0.4 is 10.6 Å². The van der Waals surface area contributed by atoms with Gasteiger partial charge in [0.05, 0.1) is 0 Å². The average molecular weight is 188 g/mol. The molecular formula is C9H17FN2O. The van der Waals surface area contributed by atoms with E-state index in [2.05, 4.69) is 17.6 Å². The summed E-state index contributed by atoms with van der Waals surface area (Å²) in [6.45, 7) is 1.73. The molecule has 0 aromatic carbocycles. The molecule has 1 aliphatic rings. The topological polar surface area (TPSA) is 41.1 Å². The van der Waals surface area contributed by atoms with Crippen LogP contribution in [0.4, 0.5) is 9.18 Å². The summed E-state index contributed by atoms with van der Waals surface area (Å²) in [6, 6.07) is 0.0380. The van der Waals surface area contributed by atoms with E-state index in [-0.39, 0.29) is 18.6 Å². The molecule has 0 heterocycles. The Balaban J connectivity index is 2.19. The van der Waals surface area contributed by atoms with E-state index in [9.17, 15) is 9.18 Å². The van der Waals surface area contributed by atoms with Crippen molar-refractivity contribution in [3.63, 3.8) is 0 Å². The number of rotatable bonds is 3. The van der Waals surface area contributed by atoms with Gasteiger partial charge in [-0.25, -0.2) is 9.18 Å². The quantitative estimate of drug-likeness (QED) is 0.691. The predicted molar refractivity (Wildman–Crippen MR) is 49.3 cm³/mol. The zero-order chi connectivity index (χ0) is 9.68. The SMILES string of the molecule is CC1CCCC1NC(=O)NCCF. The number of alkyl halides is 1. The summed E-state index contributed by atoms with van der Waals surface area (Å²) in [4.78, 5) is 11.1. The first-order valence-electron chi connectivity index (χ1n) is 4.84. The van der Waals surface area contributed by atoms with E-state index in [1.807, 2.05) is 0 Å². The molecule has 0 spiro atoms. The summed E-state index contributed by atoms with van der Waals surface area (Å²) in [5.74, 6) is 0.552. The lowest BCUT2D eigenvalue weighted by molar-refractivity contribution is 0.233. The van der Waals surface area contributed by atoms with Gasteiger partial charge in [-0.2, -0.15) is 0 Å². The third-order valence-electron chi connectivity index (χ3n) is 2.56. The lowest BCUT2D eigenvalue weighted by atomic mass is 10.1. The van der Waals surface area contributed by atoms with Crippen LogP contribution in [0.25, 0.3) is 0 Å². The van der Waals surface area contributed by atoms with Gasteiger partial charge in [-0.15, -0.1) is 0 Å². The maximum absolute atomic E-state index is 11.7. The molecule has 0 bridgehead atoms. The molecule has 4 heteroatoms. The van der Waals surface area contributed by atoms with E-state index in [1.54, 1.807) is 0 Å². The maximum atomic E-state index is 11.7. The molecule has 3 nitrogen and oxygen atoms in total. The second kappa shape index (κ2) is 5.04. The van der Waals surface area contributed by atoms with Gasteiger partial charge in [-0.05, 0) is 18.8 Å². The maximum Gasteiger partial charge on any atom is 0.315 e. The Labute approximate surface area is 78.1 Å². The van der Waals surface area contributed by atoms with Crippen LogP contribution in [0.5, 0.6) is 0 Å². The monoisotopic (exact) mass is 188 g/mol. The van der Waals surface area contributed by atoms with E-state index in [0.29, 0.717) is 5.92 Å². The molecular weight excluding hydrogens is 171 g/mol. The Morgan fingerprint density at radius 3 is 2.85 bits per heavy atom. The molecule has 76 valence electrons. The summed E-state index contributed by atoms with van der Waals surface area (Å²) in [6.07, 6.45) is 3.40. The Morgan fingerprint density at radius 1 is 1.54 bits per heavy atom. The van der Waals surface area contributed by atoms with E-state index < -0.39 is 6.67 Å². The minimum absolute atomic E-state index is 0.104. The van der Waals surface area contributed by atoms with Gasteiger partial charge >= 0.3 is 6.03 Å². The molecule has 2 N–H and O–H groups in total. The molecule has 0 saturated heterocycles. The Morgan fingerprint density at radius 2 is 2.31 bits per heavy atom. The van der Waals surface area contributed by atoms with Crippen LogP contribution in [-0.4, -0.2) is 25.3 Å². The van der Waals surface area contributed by atoms with Gasteiger partial charge in [-0.1, -0.05) is 13.3 Å². The minimum Gasteiger partial charge on any atom is -0.336 e. The summed E-state index contributed by atoms with van der Waals surface area (Å²) < 4.78 is 11.7. The van der Waals surface area contributed by atoms with Gasteiger partial charge in [0.25, 0.3) is 0 Å². The second-order valence-corrected chi connectivity index (χ2v) is 3.60. The largest absolute Gasteiger partial charge is 0.336 e. The molecule has 0 aliphatic heterocycles. The summed E-state index contributed by atoms with van der Waals surface area (Å²) in [7, 11) is 0. The zero-order valence-electron chi connectivity index (χ0n) is 7.98. The molecule has 2 unspecified atom stereocenters. The molecule has 2 amide bonds. The van der Waals surface area contributed by atoms with E-state index in [4.69, 9.17) is 0 Å². The predicted octanol–water partition coefficient (Wildman–Crippen LogP) is 1.44. The summed E-state index contributed by atoms with van der Waals surface area (Å²) in [5, 5.41) is 5.30. The number of carbonyl (C=O) groups is 1. The molecule has 1 fully saturated rings. The third kappa shape index (κ3) is 3.20. The Hall–Kier alpha value is -0.800. The van der Waals surface area contributed by atoms with E-state index in [1.165, 1.54) is 12.8 Å². The van der Waals surface area contributed by atoms with Gasteiger partial charge in [0.1, 0.15) is 6.67 Å². The second-order valence-electron chi connectivity index (χ2n) is 3.60. The van der Waals surface area contributed by atoms with Crippen molar-refractivity contribution in [3.05, 3.63) is 0 Å². The number of hydrogen-bond acceptors (Lipinski definition) is 1. The van der Waals surface area contributed by atoms with Crippen LogP contribution in [0.15, 0.2) is 0 Å². The van der Waals surface area contributed by atoms with Crippen molar-refractivity contribution in [1.82, 2.24) is 10.6 Å². The van der Waals surface area contributed by atoms with Crippen molar-refractivity contribution < 1.29 is 9.18 Å². The number of hydrogen-bond donors (Lipinski definition) is 2. The number of nitrogens with one attached hydrogen (secondary N) is 2. The van der Waals surface area contributed by atoms with Gasteiger partial charge in [0.15, 0.2) is 0 Å². The smallest absolute Gasteiger partial charge is 0.315 e.